The quantitative estimate of drug-likeness (QED) is 0.483. The second kappa shape index (κ2) is 9.26. The molecule has 156 valence electrons. The molecule has 0 aliphatic heterocycles. The Morgan fingerprint density at radius 3 is 2.45 bits per heavy atom. The molecule has 1 aromatic heterocycles. The third-order valence-electron chi connectivity index (χ3n) is 4.96. The van der Waals surface area contributed by atoms with E-state index in [-0.39, 0.29) is 18.3 Å². The van der Waals surface area contributed by atoms with Gasteiger partial charge in [0.2, 0.25) is 0 Å². The van der Waals surface area contributed by atoms with E-state index < -0.39 is 6.04 Å². The molecule has 0 spiro atoms. The zero-order valence-corrected chi connectivity index (χ0v) is 17.0. The minimum Gasteiger partial charge on any atom is -0.483 e. The van der Waals surface area contributed by atoms with Crippen LogP contribution in [0.3, 0.4) is 0 Å². The Labute approximate surface area is 180 Å². The summed E-state index contributed by atoms with van der Waals surface area (Å²) in [5.74, 6) is 0.624. The van der Waals surface area contributed by atoms with Crippen LogP contribution in [0.1, 0.15) is 17.4 Å². The van der Waals surface area contributed by atoms with Gasteiger partial charge in [0.1, 0.15) is 23.4 Å². The molecule has 0 fully saturated rings. The van der Waals surface area contributed by atoms with Gasteiger partial charge in [-0.1, -0.05) is 60.7 Å². The van der Waals surface area contributed by atoms with Crippen molar-refractivity contribution >= 4 is 5.91 Å². The maximum absolute atomic E-state index is 13.4. The molecular weight excluding hydrogens is 393 g/mol. The number of aryl methyl sites for hydroxylation is 1. The topological polar surface area (TPSA) is 56.2 Å². The number of carbonyl (C=O) groups excluding carboxylic acids is 1. The first-order valence-corrected chi connectivity index (χ1v) is 9.91. The third-order valence-corrected chi connectivity index (χ3v) is 4.96. The number of hydrogen-bond acceptors (Lipinski definition) is 3. The van der Waals surface area contributed by atoms with Crippen molar-refractivity contribution in [3.63, 3.8) is 0 Å². The lowest BCUT2D eigenvalue weighted by atomic mass is 10.0. The van der Waals surface area contributed by atoms with Crippen LogP contribution in [0.2, 0.25) is 0 Å². The van der Waals surface area contributed by atoms with Gasteiger partial charge in [-0.15, -0.1) is 0 Å². The highest BCUT2D eigenvalue weighted by Gasteiger charge is 2.21. The normalized spacial score (nSPS) is 11.7. The Bertz CT molecular complexity index is 1160. The highest BCUT2D eigenvalue weighted by molar-refractivity contribution is 5.79. The summed E-state index contributed by atoms with van der Waals surface area (Å²) in [6, 6.07) is 22.9. The molecule has 0 radical (unpaired) electrons. The van der Waals surface area contributed by atoms with E-state index in [2.05, 4.69) is 10.3 Å². The van der Waals surface area contributed by atoms with Crippen LogP contribution in [0.5, 0.6) is 5.75 Å². The molecule has 5 nitrogen and oxygen atoms in total. The standard InChI is InChI=1S/C25H22FN3O2/c1-29-16-15-27-25(29)24(19-11-13-20(26)14-12-19)28-23(30)17-31-22-10-6-5-9-21(22)18-7-3-2-4-8-18/h2-16,24H,17H2,1H3,(H,28,30)/t24-/m0/s1. The smallest absolute Gasteiger partial charge is 0.258 e. The van der Waals surface area contributed by atoms with Crippen molar-refractivity contribution in [3.8, 4) is 16.9 Å². The van der Waals surface area contributed by atoms with Crippen LogP contribution >= 0.6 is 0 Å². The molecule has 1 amide bonds. The van der Waals surface area contributed by atoms with Crippen molar-refractivity contribution in [2.24, 2.45) is 7.05 Å². The monoisotopic (exact) mass is 415 g/mol. The fraction of sp³-hybridized carbons (Fsp3) is 0.120. The average Bonchev–Trinajstić information content (AvgIpc) is 3.23. The minimum absolute atomic E-state index is 0.161. The highest BCUT2D eigenvalue weighted by atomic mass is 19.1. The van der Waals surface area contributed by atoms with Gasteiger partial charge in [0.25, 0.3) is 5.91 Å². The number of amides is 1. The van der Waals surface area contributed by atoms with Crippen LogP contribution in [0, 0.1) is 5.82 Å². The fourth-order valence-corrected chi connectivity index (χ4v) is 3.40. The van der Waals surface area contributed by atoms with Gasteiger partial charge in [0.05, 0.1) is 0 Å². The maximum Gasteiger partial charge on any atom is 0.258 e. The summed E-state index contributed by atoms with van der Waals surface area (Å²) in [6.07, 6.45) is 3.45. The second-order valence-corrected chi connectivity index (χ2v) is 7.10. The van der Waals surface area contributed by atoms with Crippen LogP contribution in [-0.4, -0.2) is 22.1 Å². The number of aromatic nitrogens is 2. The predicted octanol–water partition coefficient (Wildman–Crippen LogP) is 4.51. The number of para-hydroxylation sites is 1. The summed E-state index contributed by atoms with van der Waals surface area (Å²) in [6.45, 7) is -0.161. The molecule has 0 aliphatic carbocycles. The van der Waals surface area contributed by atoms with Crippen LogP contribution in [0.4, 0.5) is 4.39 Å². The largest absolute Gasteiger partial charge is 0.483 e. The van der Waals surface area contributed by atoms with E-state index in [1.54, 1.807) is 24.5 Å². The fourth-order valence-electron chi connectivity index (χ4n) is 3.40. The number of imidazole rings is 1. The van der Waals surface area contributed by atoms with Gasteiger partial charge >= 0.3 is 0 Å². The van der Waals surface area contributed by atoms with Gasteiger partial charge in [-0.2, -0.15) is 0 Å². The van der Waals surface area contributed by atoms with Crippen molar-refractivity contribution in [1.29, 1.82) is 0 Å². The van der Waals surface area contributed by atoms with Gasteiger partial charge in [0.15, 0.2) is 6.61 Å². The summed E-state index contributed by atoms with van der Waals surface area (Å²) in [5, 5.41) is 2.96. The third kappa shape index (κ3) is 4.80. The van der Waals surface area contributed by atoms with Crippen molar-refractivity contribution in [3.05, 3.63) is 108 Å². The lowest BCUT2D eigenvalue weighted by Crippen LogP contribution is -2.34. The number of hydrogen-bond donors (Lipinski definition) is 1. The molecule has 31 heavy (non-hydrogen) atoms. The van der Waals surface area contributed by atoms with E-state index in [0.29, 0.717) is 11.6 Å². The summed E-state index contributed by atoms with van der Waals surface area (Å²) in [4.78, 5) is 17.1. The van der Waals surface area contributed by atoms with E-state index in [0.717, 1.165) is 16.7 Å². The molecule has 1 heterocycles. The average molecular weight is 415 g/mol. The Kier molecular flexibility index (Phi) is 6.08. The first-order valence-electron chi connectivity index (χ1n) is 9.91. The molecule has 0 bridgehead atoms. The zero-order chi connectivity index (χ0) is 21.6. The second-order valence-electron chi connectivity index (χ2n) is 7.10. The van der Waals surface area contributed by atoms with Crippen molar-refractivity contribution < 1.29 is 13.9 Å². The molecule has 6 heteroatoms. The summed E-state index contributed by atoms with van der Waals surface area (Å²) >= 11 is 0. The molecule has 0 saturated heterocycles. The molecule has 0 aliphatic rings. The predicted molar refractivity (Wildman–Crippen MR) is 117 cm³/mol. The summed E-state index contributed by atoms with van der Waals surface area (Å²) in [7, 11) is 1.84. The van der Waals surface area contributed by atoms with Gasteiger partial charge in [0, 0.05) is 25.0 Å². The number of ether oxygens (including phenoxy) is 1. The molecule has 4 rings (SSSR count). The highest BCUT2D eigenvalue weighted by Crippen LogP contribution is 2.29. The summed E-state index contributed by atoms with van der Waals surface area (Å²) < 4.78 is 21.1. The zero-order valence-electron chi connectivity index (χ0n) is 17.0. The molecule has 1 N–H and O–H groups in total. The SMILES string of the molecule is Cn1ccnc1[C@@H](NC(=O)COc1ccccc1-c1ccccc1)c1ccc(F)cc1. The molecule has 3 aromatic carbocycles. The van der Waals surface area contributed by atoms with Crippen molar-refractivity contribution in [2.45, 2.75) is 6.04 Å². The van der Waals surface area contributed by atoms with Crippen LogP contribution < -0.4 is 10.1 Å². The lowest BCUT2D eigenvalue weighted by molar-refractivity contribution is -0.123. The molecule has 0 saturated carbocycles. The van der Waals surface area contributed by atoms with Gasteiger partial charge < -0.3 is 14.6 Å². The van der Waals surface area contributed by atoms with Crippen LogP contribution in [0.25, 0.3) is 11.1 Å². The maximum atomic E-state index is 13.4. The number of nitrogens with zero attached hydrogens (tertiary/aromatic N) is 2. The van der Waals surface area contributed by atoms with Gasteiger partial charge in [-0.3, -0.25) is 4.79 Å². The van der Waals surface area contributed by atoms with Crippen LogP contribution in [0.15, 0.2) is 91.3 Å². The Hall–Kier alpha value is -3.93. The number of nitrogens with one attached hydrogen (secondary N) is 1. The van der Waals surface area contributed by atoms with Crippen molar-refractivity contribution in [2.75, 3.05) is 6.61 Å². The van der Waals surface area contributed by atoms with Gasteiger partial charge in [-0.05, 0) is 29.3 Å². The Morgan fingerprint density at radius 2 is 1.74 bits per heavy atom. The minimum atomic E-state index is -0.527. The van der Waals surface area contributed by atoms with E-state index in [1.807, 2.05) is 66.2 Å². The number of rotatable bonds is 7. The van der Waals surface area contributed by atoms with Gasteiger partial charge in [-0.25, -0.2) is 9.37 Å². The Morgan fingerprint density at radius 1 is 1.03 bits per heavy atom. The number of halogens is 1. The molecular formula is C25H22FN3O2. The Balaban J connectivity index is 1.51. The molecule has 0 unspecified atom stereocenters. The van der Waals surface area contributed by atoms with E-state index in [9.17, 15) is 9.18 Å². The summed E-state index contributed by atoms with van der Waals surface area (Å²) in [5.41, 5.74) is 2.65. The van der Waals surface area contributed by atoms with E-state index >= 15 is 0 Å². The molecule has 4 aromatic rings. The first kappa shape index (κ1) is 20.3. The first-order chi connectivity index (χ1) is 15.1. The number of benzene rings is 3. The van der Waals surface area contributed by atoms with E-state index in [4.69, 9.17) is 4.74 Å². The lowest BCUT2D eigenvalue weighted by Gasteiger charge is -2.20. The van der Waals surface area contributed by atoms with Crippen molar-refractivity contribution in [1.82, 2.24) is 14.9 Å². The molecule has 1 atom stereocenters. The van der Waals surface area contributed by atoms with E-state index in [1.165, 1.54) is 12.1 Å². The van der Waals surface area contributed by atoms with Crippen LogP contribution in [-0.2, 0) is 11.8 Å². The number of carbonyl (C=O) groups is 1.